The second-order valence-corrected chi connectivity index (χ2v) is 7.18. The fourth-order valence-corrected chi connectivity index (χ4v) is 2.55. The summed E-state index contributed by atoms with van der Waals surface area (Å²) in [5, 5.41) is 0. The molecule has 111 valence electrons. The van der Waals surface area contributed by atoms with Crippen molar-refractivity contribution in [2.45, 2.75) is 78.4 Å². The van der Waals surface area contributed by atoms with E-state index < -0.39 is 5.60 Å². The van der Waals surface area contributed by atoms with Crippen molar-refractivity contribution in [1.82, 2.24) is 0 Å². The van der Waals surface area contributed by atoms with Gasteiger partial charge in [0.1, 0.15) is 12.2 Å². The van der Waals surface area contributed by atoms with Crippen LogP contribution in [-0.2, 0) is 14.3 Å². The van der Waals surface area contributed by atoms with Crippen LogP contribution in [0.2, 0.25) is 0 Å². The van der Waals surface area contributed by atoms with E-state index in [0.717, 1.165) is 31.6 Å². The van der Waals surface area contributed by atoms with Gasteiger partial charge in [-0.1, -0.05) is 13.8 Å². The summed E-state index contributed by atoms with van der Waals surface area (Å²) < 4.78 is 11.1. The van der Waals surface area contributed by atoms with Crippen LogP contribution in [-0.4, -0.2) is 23.8 Å². The van der Waals surface area contributed by atoms with Crippen LogP contribution in [0.25, 0.3) is 0 Å². The number of hydrogen-bond acceptors (Lipinski definition) is 3. The molecule has 1 aliphatic rings. The van der Waals surface area contributed by atoms with Gasteiger partial charge in [-0.25, -0.2) is 4.79 Å². The van der Waals surface area contributed by atoms with Crippen LogP contribution in [0.4, 0.5) is 0 Å². The van der Waals surface area contributed by atoms with Crippen LogP contribution in [0.15, 0.2) is 0 Å². The summed E-state index contributed by atoms with van der Waals surface area (Å²) in [4.78, 5) is 11.7. The lowest BCUT2D eigenvalue weighted by Crippen LogP contribution is -2.37. The van der Waals surface area contributed by atoms with Gasteiger partial charge in [-0.2, -0.15) is 0 Å². The molecule has 0 aliphatic heterocycles. The summed E-state index contributed by atoms with van der Waals surface area (Å²) in [6.45, 7) is 12.2. The molecule has 1 fully saturated rings. The second kappa shape index (κ2) is 6.25. The van der Waals surface area contributed by atoms with Crippen LogP contribution < -0.4 is 0 Å². The van der Waals surface area contributed by atoms with Crippen LogP contribution in [0.1, 0.15) is 67.2 Å². The molecule has 1 aliphatic carbocycles. The average molecular weight is 269 g/mol. The Bertz CT molecular complexity index is 294. The van der Waals surface area contributed by atoms with Crippen molar-refractivity contribution in [3.63, 3.8) is 0 Å². The SMILES string of the molecule is C[C](C)C1CCC(C)(OCC(=O)OC(C)(C)C)CC1. The van der Waals surface area contributed by atoms with Crippen LogP contribution in [0.5, 0.6) is 0 Å². The first-order valence-corrected chi connectivity index (χ1v) is 7.27. The molecular weight excluding hydrogens is 240 g/mol. The summed E-state index contributed by atoms with van der Waals surface area (Å²) in [5.41, 5.74) is -0.601. The minimum atomic E-state index is -0.437. The maximum Gasteiger partial charge on any atom is 0.332 e. The van der Waals surface area contributed by atoms with Crippen molar-refractivity contribution in [3.8, 4) is 0 Å². The van der Waals surface area contributed by atoms with Gasteiger partial charge in [0, 0.05) is 0 Å². The highest BCUT2D eigenvalue weighted by Crippen LogP contribution is 2.38. The number of carbonyl (C=O) groups excluding carboxylic acids is 1. The highest BCUT2D eigenvalue weighted by molar-refractivity contribution is 5.71. The molecule has 0 heterocycles. The summed E-state index contributed by atoms with van der Waals surface area (Å²) in [5.74, 6) is 1.96. The highest BCUT2D eigenvalue weighted by Gasteiger charge is 2.33. The van der Waals surface area contributed by atoms with Crippen molar-refractivity contribution in [2.75, 3.05) is 6.61 Å². The Kier molecular flexibility index (Phi) is 5.43. The third-order valence-electron chi connectivity index (χ3n) is 3.82. The van der Waals surface area contributed by atoms with Gasteiger partial charge in [0.25, 0.3) is 0 Å². The summed E-state index contributed by atoms with van der Waals surface area (Å²) in [6.07, 6.45) is 4.36. The smallest absolute Gasteiger partial charge is 0.332 e. The Morgan fingerprint density at radius 3 is 2.16 bits per heavy atom. The lowest BCUT2D eigenvalue weighted by Gasteiger charge is -2.38. The quantitative estimate of drug-likeness (QED) is 0.726. The van der Waals surface area contributed by atoms with Crippen molar-refractivity contribution in [1.29, 1.82) is 0 Å². The molecule has 0 amide bonds. The largest absolute Gasteiger partial charge is 0.458 e. The van der Waals surface area contributed by atoms with E-state index in [-0.39, 0.29) is 18.2 Å². The first-order chi connectivity index (χ1) is 8.61. The minimum Gasteiger partial charge on any atom is -0.458 e. The molecule has 0 N–H and O–H groups in total. The molecule has 3 nitrogen and oxygen atoms in total. The Labute approximate surface area is 118 Å². The maximum absolute atomic E-state index is 11.7. The molecule has 0 saturated heterocycles. The van der Waals surface area contributed by atoms with E-state index in [4.69, 9.17) is 9.47 Å². The average Bonchev–Trinajstić information content (AvgIpc) is 2.25. The van der Waals surface area contributed by atoms with Crippen molar-refractivity contribution in [3.05, 3.63) is 5.92 Å². The summed E-state index contributed by atoms with van der Waals surface area (Å²) in [7, 11) is 0. The van der Waals surface area contributed by atoms with Gasteiger partial charge in [0.05, 0.1) is 5.60 Å². The molecular formula is C16H29O3. The monoisotopic (exact) mass is 269 g/mol. The third-order valence-corrected chi connectivity index (χ3v) is 3.82. The van der Waals surface area contributed by atoms with Gasteiger partial charge in [-0.3, -0.25) is 0 Å². The lowest BCUT2D eigenvalue weighted by molar-refractivity contribution is -0.168. The van der Waals surface area contributed by atoms with Gasteiger partial charge in [0.2, 0.25) is 0 Å². The second-order valence-electron chi connectivity index (χ2n) is 7.18. The van der Waals surface area contributed by atoms with Gasteiger partial charge in [-0.15, -0.1) is 0 Å². The number of carbonyl (C=O) groups is 1. The molecule has 0 unspecified atom stereocenters. The molecule has 0 aromatic rings. The Balaban J connectivity index is 2.35. The van der Waals surface area contributed by atoms with E-state index in [0.29, 0.717) is 0 Å². The van der Waals surface area contributed by atoms with E-state index in [2.05, 4.69) is 20.8 Å². The van der Waals surface area contributed by atoms with E-state index in [1.54, 1.807) is 0 Å². The molecule has 1 saturated carbocycles. The standard InChI is InChI=1S/C16H29O3/c1-12(2)13-7-9-16(6,10-8-13)18-11-14(17)19-15(3,4)5/h13H,7-11H2,1-6H3. The molecule has 19 heavy (non-hydrogen) atoms. The molecule has 0 aromatic heterocycles. The number of esters is 1. The van der Waals surface area contributed by atoms with Crippen molar-refractivity contribution >= 4 is 5.97 Å². The molecule has 1 rings (SSSR count). The zero-order valence-corrected chi connectivity index (χ0v) is 13.3. The molecule has 1 radical (unpaired) electrons. The highest BCUT2D eigenvalue weighted by atomic mass is 16.6. The maximum atomic E-state index is 11.7. The molecule has 3 heteroatoms. The fraction of sp³-hybridized carbons (Fsp3) is 0.875. The first kappa shape index (κ1) is 16.5. The first-order valence-electron chi connectivity index (χ1n) is 7.27. The number of hydrogen-bond donors (Lipinski definition) is 0. The Morgan fingerprint density at radius 2 is 1.74 bits per heavy atom. The van der Waals surface area contributed by atoms with Crippen LogP contribution in [0.3, 0.4) is 0 Å². The fourth-order valence-electron chi connectivity index (χ4n) is 2.55. The van der Waals surface area contributed by atoms with E-state index in [9.17, 15) is 4.79 Å². The number of ether oxygens (including phenoxy) is 2. The van der Waals surface area contributed by atoms with Gasteiger partial charge >= 0.3 is 5.97 Å². The normalized spacial score (nSPS) is 28.5. The zero-order chi connectivity index (χ0) is 14.7. The predicted molar refractivity (Wildman–Crippen MR) is 76.8 cm³/mol. The topological polar surface area (TPSA) is 35.5 Å². The van der Waals surface area contributed by atoms with Gasteiger partial charge < -0.3 is 9.47 Å². The molecule has 0 atom stereocenters. The zero-order valence-electron chi connectivity index (χ0n) is 13.3. The third kappa shape index (κ3) is 5.94. The van der Waals surface area contributed by atoms with Gasteiger partial charge in [0.15, 0.2) is 0 Å². The predicted octanol–water partition coefficient (Wildman–Crippen LogP) is 3.91. The Hall–Kier alpha value is -0.570. The summed E-state index contributed by atoms with van der Waals surface area (Å²) in [6, 6.07) is 0. The molecule has 0 aromatic carbocycles. The van der Waals surface area contributed by atoms with E-state index in [1.807, 2.05) is 20.8 Å². The summed E-state index contributed by atoms with van der Waals surface area (Å²) >= 11 is 0. The van der Waals surface area contributed by atoms with Crippen molar-refractivity contribution in [2.24, 2.45) is 5.92 Å². The van der Waals surface area contributed by atoms with E-state index in [1.165, 1.54) is 5.92 Å². The van der Waals surface area contributed by atoms with Crippen LogP contribution in [0, 0.1) is 11.8 Å². The number of rotatable bonds is 4. The molecule has 0 spiro atoms. The lowest BCUT2D eigenvalue weighted by atomic mass is 9.75. The van der Waals surface area contributed by atoms with Crippen LogP contribution >= 0.6 is 0 Å². The molecule has 0 bridgehead atoms. The van der Waals surface area contributed by atoms with Crippen molar-refractivity contribution < 1.29 is 14.3 Å². The van der Waals surface area contributed by atoms with Gasteiger partial charge in [-0.05, 0) is 65.2 Å². The Morgan fingerprint density at radius 1 is 1.21 bits per heavy atom. The minimum absolute atomic E-state index is 0.0628. The van der Waals surface area contributed by atoms with E-state index >= 15 is 0 Å².